The van der Waals surface area contributed by atoms with E-state index in [4.69, 9.17) is 4.74 Å². The number of hydrogen-bond acceptors (Lipinski definition) is 2. The Kier molecular flexibility index (Phi) is 12.7. The molecule has 170 valence electrons. The molecule has 0 N–H and O–H groups in total. The van der Waals surface area contributed by atoms with Crippen LogP contribution in [0.3, 0.4) is 0 Å². The highest BCUT2D eigenvalue weighted by Gasteiger charge is 2.14. The topological polar surface area (TPSA) is 26.3 Å². The average molecular weight is 423 g/mol. The van der Waals surface area contributed by atoms with Crippen molar-refractivity contribution >= 4 is 5.97 Å². The van der Waals surface area contributed by atoms with E-state index in [9.17, 15) is 4.79 Å². The van der Waals surface area contributed by atoms with E-state index in [-0.39, 0.29) is 5.97 Å². The van der Waals surface area contributed by atoms with Crippen molar-refractivity contribution in [1.82, 2.24) is 0 Å². The van der Waals surface area contributed by atoms with Gasteiger partial charge in [0.1, 0.15) is 0 Å². The maximum atomic E-state index is 12.6. The van der Waals surface area contributed by atoms with Gasteiger partial charge in [0.05, 0.1) is 12.2 Å². The van der Waals surface area contributed by atoms with Gasteiger partial charge in [-0.1, -0.05) is 121 Å². The van der Waals surface area contributed by atoms with Crippen LogP contribution in [0.25, 0.3) is 11.1 Å². The number of hydrogen-bond donors (Lipinski definition) is 0. The Labute approximate surface area is 190 Å². The third kappa shape index (κ3) is 10.2. The molecule has 0 radical (unpaired) electrons. The summed E-state index contributed by atoms with van der Waals surface area (Å²) in [4.78, 5) is 12.6. The zero-order valence-electron chi connectivity index (χ0n) is 19.8. The highest BCUT2D eigenvalue weighted by Crippen LogP contribution is 2.22. The van der Waals surface area contributed by atoms with E-state index < -0.39 is 0 Å². The van der Waals surface area contributed by atoms with Crippen LogP contribution in [-0.2, 0) is 4.74 Å². The molecule has 0 aliphatic heterocycles. The summed E-state index contributed by atoms with van der Waals surface area (Å²) < 4.78 is 5.75. The van der Waals surface area contributed by atoms with Crippen molar-refractivity contribution in [3.63, 3.8) is 0 Å². The molecule has 2 heteroatoms. The summed E-state index contributed by atoms with van der Waals surface area (Å²) in [5.41, 5.74) is 2.92. The second-order valence-corrected chi connectivity index (χ2v) is 8.81. The number of ether oxygens (including phenoxy) is 1. The smallest absolute Gasteiger partial charge is 0.338 e. The maximum absolute atomic E-state index is 12.6. The summed E-state index contributed by atoms with van der Waals surface area (Å²) in [6.07, 6.45) is 15.3. The highest BCUT2D eigenvalue weighted by molar-refractivity contribution is 5.90. The standard InChI is InChI=1S/C29H42O2/c1-3-5-7-9-10-13-17-25(16-12-8-6-4-2)24-31-29(30)28-22-20-27(21-23-28)26-18-14-11-15-19-26/h11,14-15,18-23,25H,3-10,12-13,16-17,24H2,1-2H3. The number of benzene rings is 2. The van der Waals surface area contributed by atoms with Gasteiger partial charge in [-0.25, -0.2) is 4.79 Å². The van der Waals surface area contributed by atoms with Crippen LogP contribution in [0.1, 0.15) is 101 Å². The zero-order chi connectivity index (χ0) is 22.2. The van der Waals surface area contributed by atoms with Gasteiger partial charge in [-0.05, 0) is 42.0 Å². The number of esters is 1. The van der Waals surface area contributed by atoms with Crippen LogP contribution in [0.2, 0.25) is 0 Å². The van der Waals surface area contributed by atoms with Crippen molar-refractivity contribution < 1.29 is 9.53 Å². The monoisotopic (exact) mass is 422 g/mol. The van der Waals surface area contributed by atoms with Gasteiger partial charge in [-0.2, -0.15) is 0 Å². The van der Waals surface area contributed by atoms with Gasteiger partial charge >= 0.3 is 5.97 Å². The molecule has 2 nitrogen and oxygen atoms in total. The molecule has 0 amide bonds. The van der Waals surface area contributed by atoms with Gasteiger partial charge in [0.15, 0.2) is 0 Å². The molecule has 0 aromatic heterocycles. The van der Waals surface area contributed by atoms with Crippen molar-refractivity contribution in [2.75, 3.05) is 6.61 Å². The molecule has 0 aliphatic carbocycles. The van der Waals surface area contributed by atoms with Crippen molar-refractivity contribution in [3.05, 3.63) is 60.2 Å². The second-order valence-electron chi connectivity index (χ2n) is 8.81. The Morgan fingerprint density at radius 3 is 1.81 bits per heavy atom. The molecule has 0 spiro atoms. The van der Waals surface area contributed by atoms with Crippen molar-refractivity contribution in [2.24, 2.45) is 5.92 Å². The van der Waals surface area contributed by atoms with Crippen LogP contribution in [-0.4, -0.2) is 12.6 Å². The first kappa shape index (κ1) is 25.2. The molecule has 1 atom stereocenters. The van der Waals surface area contributed by atoms with Crippen LogP contribution < -0.4 is 0 Å². The lowest BCUT2D eigenvalue weighted by Gasteiger charge is -2.17. The van der Waals surface area contributed by atoms with Crippen LogP contribution in [0.5, 0.6) is 0 Å². The fourth-order valence-corrected chi connectivity index (χ4v) is 4.09. The summed E-state index contributed by atoms with van der Waals surface area (Å²) in [5, 5.41) is 0. The normalized spacial score (nSPS) is 11.9. The number of carbonyl (C=O) groups excluding carboxylic acids is 1. The molecule has 0 saturated carbocycles. The molecule has 2 aromatic carbocycles. The molecular weight excluding hydrogens is 380 g/mol. The Bertz CT molecular complexity index is 705. The predicted molar refractivity (Wildman–Crippen MR) is 132 cm³/mol. The molecular formula is C29H42O2. The van der Waals surface area contributed by atoms with E-state index in [0.717, 1.165) is 11.1 Å². The Morgan fingerprint density at radius 1 is 0.677 bits per heavy atom. The summed E-state index contributed by atoms with van der Waals surface area (Å²) in [5.74, 6) is 0.302. The first-order valence-electron chi connectivity index (χ1n) is 12.6. The molecule has 2 aromatic rings. The van der Waals surface area contributed by atoms with E-state index in [0.29, 0.717) is 18.1 Å². The summed E-state index contributed by atoms with van der Waals surface area (Å²) >= 11 is 0. The maximum Gasteiger partial charge on any atom is 0.338 e. The molecule has 0 bridgehead atoms. The van der Waals surface area contributed by atoms with E-state index >= 15 is 0 Å². The molecule has 1 unspecified atom stereocenters. The minimum absolute atomic E-state index is 0.193. The minimum atomic E-state index is -0.193. The van der Waals surface area contributed by atoms with E-state index in [1.54, 1.807) is 0 Å². The predicted octanol–water partition coefficient (Wildman–Crippen LogP) is 8.85. The molecule has 0 heterocycles. The van der Waals surface area contributed by atoms with Crippen molar-refractivity contribution in [3.8, 4) is 11.1 Å². The fourth-order valence-electron chi connectivity index (χ4n) is 4.09. The molecule has 2 rings (SSSR count). The van der Waals surface area contributed by atoms with E-state index in [2.05, 4.69) is 26.0 Å². The van der Waals surface area contributed by atoms with Crippen LogP contribution >= 0.6 is 0 Å². The lowest BCUT2D eigenvalue weighted by atomic mass is 9.95. The van der Waals surface area contributed by atoms with Crippen LogP contribution in [0, 0.1) is 5.92 Å². The van der Waals surface area contributed by atoms with Crippen LogP contribution in [0.15, 0.2) is 54.6 Å². The second kappa shape index (κ2) is 15.7. The SMILES string of the molecule is CCCCCCCCC(CCCCCC)COC(=O)c1ccc(-c2ccccc2)cc1. The molecule has 0 saturated heterocycles. The van der Waals surface area contributed by atoms with Gasteiger partial charge in [-0.3, -0.25) is 0 Å². The third-order valence-electron chi connectivity index (χ3n) is 6.11. The minimum Gasteiger partial charge on any atom is -0.462 e. The van der Waals surface area contributed by atoms with E-state index in [1.165, 1.54) is 77.0 Å². The molecule has 0 aliphatic rings. The largest absolute Gasteiger partial charge is 0.462 e. The summed E-state index contributed by atoms with van der Waals surface area (Å²) in [7, 11) is 0. The van der Waals surface area contributed by atoms with Crippen molar-refractivity contribution in [1.29, 1.82) is 0 Å². The Hall–Kier alpha value is -2.09. The Balaban J connectivity index is 1.81. The van der Waals surface area contributed by atoms with Crippen molar-refractivity contribution in [2.45, 2.75) is 90.9 Å². The third-order valence-corrected chi connectivity index (χ3v) is 6.11. The molecule has 0 fully saturated rings. The zero-order valence-corrected chi connectivity index (χ0v) is 19.8. The van der Waals surface area contributed by atoms with Gasteiger partial charge < -0.3 is 4.74 Å². The van der Waals surface area contributed by atoms with Gasteiger partial charge in [0, 0.05) is 0 Å². The van der Waals surface area contributed by atoms with Crippen LogP contribution in [0.4, 0.5) is 0 Å². The lowest BCUT2D eigenvalue weighted by molar-refractivity contribution is 0.0422. The quantitative estimate of drug-likeness (QED) is 0.199. The summed E-state index contributed by atoms with van der Waals surface area (Å²) in [6.45, 7) is 5.06. The van der Waals surface area contributed by atoms with Gasteiger partial charge in [0.2, 0.25) is 0 Å². The number of rotatable bonds is 16. The molecule has 31 heavy (non-hydrogen) atoms. The van der Waals surface area contributed by atoms with E-state index in [1.807, 2.05) is 42.5 Å². The first-order chi connectivity index (χ1) is 15.2. The Morgan fingerprint density at radius 2 is 1.19 bits per heavy atom. The van der Waals surface area contributed by atoms with Gasteiger partial charge in [0.25, 0.3) is 0 Å². The average Bonchev–Trinajstić information content (AvgIpc) is 2.82. The lowest BCUT2D eigenvalue weighted by Crippen LogP contribution is -2.15. The number of carbonyl (C=O) groups is 1. The van der Waals surface area contributed by atoms with Gasteiger partial charge in [-0.15, -0.1) is 0 Å². The number of unbranched alkanes of at least 4 members (excludes halogenated alkanes) is 8. The highest BCUT2D eigenvalue weighted by atomic mass is 16.5. The summed E-state index contributed by atoms with van der Waals surface area (Å²) in [6, 6.07) is 18.0. The first-order valence-corrected chi connectivity index (χ1v) is 12.6. The fraction of sp³-hybridized carbons (Fsp3) is 0.552.